The van der Waals surface area contributed by atoms with Crippen molar-refractivity contribution in [2.45, 2.75) is 19.9 Å². The highest BCUT2D eigenvalue weighted by molar-refractivity contribution is 6.33. The summed E-state index contributed by atoms with van der Waals surface area (Å²) in [6.07, 6.45) is 1.75. The van der Waals surface area contributed by atoms with Crippen molar-refractivity contribution in [2.75, 3.05) is 11.4 Å². The molecule has 4 nitrogen and oxygen atoms in total. The second-order valence-electron chi connectivity index (χ2n) is 3.84. The van der Waals surface area contributed by atoms with Crippen LogP contribution in [0, 0.1) is 0 Å². The van der Waals surface area contributed by atoms with Gasteiger partial charge in [-0.25, -0.2) is 9.78 Å². The van der Waals surface area contributed by atoms with Crippen molar-refractivity contribution in [3.05, 3.63) is 35.5 Å². The molecule has 1 heterocycles. The minimum atomic E-state index is -1.13. The normalized spacial score (nSPS) is 10.4. The quantitative estimate of drug-likeness (QED) is 0.821. The zero-order valence-corrected chi connectivity index (χ0v) is 10.6. The Morgan fingerprint density at radius 3 is 2.76 bits per heavy atom. The minimum absolute atomic E-state index is 0.126. The second-order valence-corrected chi connectivity index (χ2v) is 4.25. The van der Waals surface area contributed by atoms with E-state index in [2.05, 4.69) is 11.6 Å². The van der Waals surface area contributed by atoms with E-state index in [4.69, 9.17) is 16.7 Å². The SMILES string of the molecule is C=CCN(c1ccc(Cl)c(C(=O)O)n1)C(C)C. The molecule has 92 valence electrons. The van der Waals surface area contributed by atoms with E-state index in [1.807, 2.05) is 18.7 Å². The van der Waals surface area contributed by atoms with Gasteiger partial charge in [0.1, 0.15) is 5.82 Å². The molecule has 0 amide bonds. The monoisotopic (exact) mass is 254 g/mol. The lowest BCUT2D eigenvalue weighted by Crippen LogP contribution is -2.31. The molecule has 0 aromatic carbocycles. The number of carboxylic acid groups (broad SMARTS) is 1. The van der Waals surface area contributed by atoms with E-state index in [0.29, 0.717) is 12.4 Å². The van der Waals surface area contributed by atoms with Crippen molar-refractivity contribution in [3.63, 3.8) is 0 Å². The molecule has 0 fully saturated rings. The molecule has 1 N–H and O–H groups in total. The molecular weight excluding hydrogens is 240 g/mol. The van der Waals surface area contributed by atoms with E-state index in [1.165, 1.54) is 0 Å². The summed E-state index contributed by atoms with van der Waals surface area (Å²) in [5.74, 6) is -0.541. The van der Waals surface area contributed by atoms with Gasteiger partial charge in [0.25, 0.3) is 0 Å². The highest BCUT2D eigenvalue weighted by Gasteiger charge is 2.16. The van der Waals surface area contributed by atoms with E-state index in [-0.39, 0.29) is 16.8 Å². The number of hydrogen-bond donors (Lipinski definition) is 1. The van der Waals surface area contributed by atoms with Gasteiger partial charge in [-0.2, -0.15) is 0 Å². The Morgan fingerprint density at radius 1 is 1.65 bits per heavy atom. The average molecular weight is 255 g/mol. The minimum Gasteiger partial charge on any atom is -0.476 e. The Hall–Kier alpha value is -1.55. The number of anilines is 1. The van der Waals surface area contributed by atoms with Gasteiger partial charge in [0.05, 0.1) is 5.02 Å². The van der Waals surface area contributed by atoms with Crippen molar-refractivity contribution in [1.29, 1.82) is 0 Å². The molecule has 5 heteroatoms. The van der Waals surface area contributed by atoms with Gasteiger partial charge >= 0.3 is 5.97 Å². The molecule has 0 saturated heterocycles. The summed E-state index contributed by atoms with van der Waals surface area (Å²) in [7, 11) is 0. The molecule has 0 unspecified atom stereocenters. The largest absolute Gasteiger partial charge is 0.476 e. The lowest BCUT2D eigenvalue weighted by atomic mass is 10.2. The zero-order valence-electron chi connectivity index (χ0n) is 9.85. The van der Waals surface area contributed by atoms with Gasteiger partial charge in [-0.3, -0.25) is 0 Å². The molecular formula is C12H15ClN2O2. The first kappa shape index (κ1) is 13.5. The Morgan fingerprint density at radius 2 is 2.29 bits per heavy atom. The highest BCUT2D eigenvalue weighted by atomic mass is 35.5. The van der Waals surface area contributed by atoms with Crippen molar-refractivity contribution in [2.24, 2.45) is 0 Å². The number of carbonyl (C=O) groups is 1. The Labute approximate surface area is 106 Å². The van der Waals surface area contributed by atoms with Crippen molar-refractivity contribution in [3.8, 4) is 0 Å². The summed E-state index contributed by atoms with van der Waals surface area (Å²) in [6.45, 7) is 8.27. The fourth-order valence-electron chi connectivity index (χ4n) is 1.45. The first-order valence-electron chi connectivity index (χ1n) is 5.24. The summed E-state index contributed by atoms with van der Waals surface area (Å²) in [6, 6.07) is 3.45. The number of carboxylic acids is 1. The van der Waals surface area contributed by atoms with Gasteiger partial charge in [0, 0.05) is 12.6 Å². The predicted octanol–water partition coefficient (Wildman–Crippen LogP) is 2.83. The van der Waals surface area contributed by atoms with Crippen LogP contribution in [0.2, 0.25) is 5.02 Å². The highest BCUT2D eigenvalue weighted by Crippen LogP contribution is 2.20. The molecule has 0 aliphatic heterocycles. The van der Waals surface area contributed by atoms with Gasteiger partial charge < -0.3 is 10.0 Å². The van der Waals surface area contributed by atoms with Crippen LogP contribution < -0.4 is 4.90 Å². The molecule has 0 spiro atoms. The van der Waals surface area contributed by atoms with Crippen LogP contribution in [0.25, 0.3) is 0 Å². The number of pyridine rings is 1. The first-order chi connectivity index (χ1) is 7.97. The standard InChI is InChI=1S/C12H15ClN2O2/c1-4-7-15(8(2)3)10-6-5-9(13)11(14-10)12(16)17/h4-6,8H,1,7H2,2-3H3,(H,16,17). The smallest absolute Gasteiger partial charge is 0.356 e. The van der Waals surface area contributed by atoms with Crippen molar-refractivity contribution >= 4 is 23.4 Å². The van der Waals surface area contributed by atoms with E-state index in [0.717, 1.165) is 0 Å². The second kappa shape index (κ2) is 5.68. The Balaban J connectivity index is 3.16. The lowest BCUT2D eigenvalue weighted by molar-refractivity contribution is 0.0691. The maximum atomic E-state index is 10.9. The van der Waals surface area contributed by atoms with Gasteiger partial charge in [0.15, 0.2) is 5.69 Å². The maximum Gasteiger partial charge on any atom is 0.356 e. The molecule has 0 radical (unpaired) electrons. The molecule has 0 atom stereocenters. The van der Waals surface area contributed by atoms with Crippen LogP contribution >= 0.6 is 11.6 Å². The van der Waals surface area contributed by atoms with Crippen LogP contribution in [0.15, 0.2) is 24.8 Å². The van der Waals surface area contributed by atoms with E-state index in [9.17, 15) is 4.79 Å². The van der Waals surface area contributed by atoms with Gasteiger partial charge in [-0.05, 0) is 26.0 Å². The average Bonchev–Trinajstić information content (AvgIpc) is 2.26. The third-order valence-corrected chi connectivity index (χ3v) is 2.58. The Kier molecular flexibility index (Phi) is 4.52. The number of nitrogens with zero attached hydrogens (tertiary/aromatic N) is 2. The van der Waals surface area contributed by atoms with E-state index >= 15 is 0 Å². The number of aromatic carboxylic acids is 1. The van der Waals surface area contributed by atoms with Crippen LogP contribution in [0.4, 0.5) is 5.82 Å². The third kappa shape index (κ3) is 3.20. The number of aromatic nitrogens is 1. The van der Waals surface area contributed by atoms with Crippen LogP contribution in [-0.4, -0.2) is 28.6 Å². The summed E-state index contributed by atoms with van der Waals surface area (Å²) in [5, 5.41) is 9.10. The van der Waals surface area contributed by atoms with Crippen LogP contribution in [-0.2, 0) is 0 Å². The van der Waals surface area contributed by atoms with E-state index in [1.54, 1.807) is 18.2 Å². The molecule has 1 aromatic rings. The summed E-state index contributed by atoms with van der Waals surface area (Å²) < 4.78 is 0. The molecule has 0 saturated carbocycles. The van der Waals surface area contributed by atoms with Crippen molar-refractivity contribution in [1.82, 2.24) is 4.98 Å². The topological polar surface area (TPSA) is 53.4 Å². The molecule has 0 aliphatic carbocycles. The lowest BCUT2D eigenvalue weighted by Gasteiger charge is -2.26. The van der Waals surface area contributed by atoms with Gasteiger partial charge in [0.2, 0.25) is 0 Å². The van der Waals surface area contributed by atoms with Crippen LogP contribution in [0.5, 0.6) is 0 Å². The summed E-state index contributed by atoms with van der Waals surface area (Å²) in [4.78, 5) is 16.9. The van der Waals surface area contributed by atoms with E-state index < -0.39 is 5.97 Å². The molecule has 0 aliphatic rings. The number of hydrogen-bond acceptors (Lipinski definition) is 3. The van der Waals surface area contributed by atoms with Crippen molar-refractivity contribution < 1.29 is 9.90 Å². The number of rotatable bonds is 5. The fraction of sp³-hybridized carbons (Fsp3) is 0.333. The van der Waals surface area contributed by atoms with Crippen LogP contribution in [0.1, 0.15) is 24.3 Å². The Bertz CT molecular complexity index is 433. The molecule has 0 bridgehead atoms. The summed E-state index contributed by atoms with van der Waals surface area (Å²) in [5.41, 5.74) is -0.126. The molecule has 1 rings (SSSR count). The predicted molar refractivity (Wildman–Crippen MR) is 68.9 cm³/mol. The zero-order chi connectivity index (χ0) is 13.0. The van der Waals surface area contributed by atoms with Crippen LogP contribution in [0.3, 0.4) is 0 Å². The fourth-order valence-corrected chi connectivity index (χ4v) is 1.64. The number of halogens is 1. The maximum absolute atomic E-state index is 10.9. The summed E-state index contributed by atoms with van der Waals surface area (Å²) >= 11 is 5.77. The molecule has 17 heavy (non-hydrogen) atoms. The van der Waals surface area contributed by atoms with Gasteiger partial charge in [-0.1, -0.05) is 17.7 Å². The van der Waals surface area contributed by atoms with Gasteiger partial charge in [-0.15, -0.1) is 6.58 Å². The third-order valence-electron chi connectivity index (χ3n) is 2.28. The molecule has 1 aromatic heterocycles. The first-order valence-corrected chi connectivity index (χ1v) is 5.62.